The molecule has 0 amide bonds. The molecule has 0 saturated heterocycles. The zero-order chi connectivity index (χ0) is 20.1. The van der Waals surface area contributed by atoms with Crippen LogP contribution in [0.4, 0.5) is 5.69 Å². The van der Waals surface area contributed by atoms with Gasteiger partial charge in [0.1, 0.15) is 5.75 Å². The van der Waals surface area contributed by atoms with Gasteiger partial charge in [-0.3, -0.25) is 14.8 Å². The van der Waals surface area contributed by atoms with Gasteiger partial charge in [-0.05, 0) is 29.3 Å². The zero-order valence-electron chi connectivity index (χ0n) is 15.0. The largest absolute Gasteiger partial charge is 0.497 e. The normalized spacial score (nSPS) is 11.3. The summed E-state index contributed by atoms with van der Waals surface area (Å²) in [6.07, 6.45) is 3.47. The van der Waals surface area contributed by atoms with Gasteiger partial charge < -0.3 is 4.74 Å². The first-order valence-electron chi connectivity index (χ1n) is 8.27. The zero-order valence-corrected chi connectivity index (χ0v) is 15.8. The molecular formula is C18H18N4O5S. The smallest absolute Gasteiger partial charge is 0.293 e. The third-order valence-corrected chi connectivity index (χ3v) is 5.56. The Morgan fingerprint density at radius 2 is 1.93 bits per heavy atom. The number of nitro benzene ring substituents is 1. The maximum Gasteiger partial charge on any atom is 0.293 e. The Hall–Kier alpha value is -3.24. The summed E-state index contributed by atoms with van der Waals surface area (Å²) < 4.78 is 34.5. The van der Waals surface area contributed by atoms with E-state index in [0.717, 1.165) is 23.3 Å². The highest BCUT2D eigenvalue weighted by molar-refractivity contribution is 7.89. The van der Waals surface area contributed by atoms with E-state index in [1.165, 1.54) is 13.2 Å². The van der Waals surface area contributed by atoms with Crippen LogP contribution in [0.25, 0.3) is 0 Å². The maximum absolute atomic E-state index is 12.7. The standard InChI is InChI=1S/C18H18N4O5S/c1-27-16-7-8-18(17(11-16)22(23)24)28(25,26)20-12-14-5-2-3-6-15(14)13-21-10-4-9-19-21/h2-11,20H,12-13H2,1H3. The number of rotatable bonds is 8. The van der Waals surface area contributed by atoms with E-state index >= 15 is 0 Å². The number of aromatic nitrogens is 2. The SMILES string of the molecule is COc1ccc(S(=O)(=O)NCc2ccccc2Cn2cccn2)c([N+](=O)[O-])c1. The number of nitrogens with zero attached hydrogens (tertiary/aromatic N) is 3. The van der Waals surface area contributed by atoms with Crippen molar-refractivity contribution >= 4 is 15.7 Å². The van der Waals surface area contributed by atoms with Gasteiger partial charge in [0.15, 0.2) is 4.90 Å². The first kappa shape index (κ1) is 19.5. The third kappa shape index (κ3) is 4.35. The molecule has 0 bridgehead atoms. The van der Waals surface area contributed by atoms with Crippen molar-refractivity contribution < 1.29 is 18.1 Å². The van der Waals surface area contributed by atoms with Crippen molar-refractivity contribution in [1.82, 2.24) is 14.5 Å². The fraction of sp³-hybridized carbons (Fsp3) is 0.167. The average molecular weight is 402 g/mol. The molecule has 9 nitrogen and oxygen atoms in total. The molecule has 0 fully saturated rings. The van der Waals surface area contributed by atoms with E-state index in [1.807, 2.05) is 18.3 Å². The predicted octanol–water partition coefficient (Wildman–Crippen LogP) is 2.33. The van der Waals surface area contributed by atoms with Crippen LogP contribution in [0.2, 0.25) is 0 Å². The summed E-state index contributed by atoms with van der Waals surface area (Å²) in [5.41, 5.74) is 1.09. The van der Waals surface area contributed by atoms with E-state index in [0.29, 0.717) is 6.54 Å². The van der Waals surface area contributed by atoms with Gasteiger partial charge in [-0.25, -0.2) is 13.1 Å². The number of sulfonamides is 1. The minimum absolute atomic E-state index is 0.0110. The van der Waals surface area contributed by atoms with E-state index in [1.54, 1.807) is 29.1 Å². The van der Waals surface area contributed by atoms with Gasteiger partial charge in [0.25, 0.3) is 5.69 Å². The summed E-state index contributed by atoms with van der Waals surface area (Å²) in [5, 5.41) is 15.4. The molecule has 0 aliphatic rings. The lowest BCUT2D eigenvalue weighted by atomic mass is 10.1. The highest BCUT2D eigenvalue weighted by atomic mass is 32.2. The number of nitrogens with one attached hydrogen (secondary N) is 1. The highest BCUT2D eigenvalue weighted by Crippen LogP contribution is 2.28. The molecule has 0 saturated carbocycles. The van der Waals surface area contributed by atoms with E-state index in [9.17, 15) is 18.5 Å². The molecule has 1 aromatic heterocycles. The Balaban J connectivity index is 1.84. The lowest BCUT2D eigenvalue weighted by Crippen LogP contribution is -2.25. The Kier molecular flexibility index (Phi) is 5.71. The van der Waals surface area contributed by atoms with E-state index in [-0.39, 0.29) is 12.3 Å². The van der Waals surface area contributed by atoms with Crippen molar-refractivity contribution in [3.8, 4) is 5.75 Å². The van der Waals surface area contributed by atoms with Crippen molar-refractivity contribution in [2.24, 2.45) is 0 Å². The minimum Gasteiger partial charge on any atom is -0.497 e. The summed E-state index contributed by atoms with van der Waals surface area (Å²) >= 11 is 0. The monoisotopic (exact) mass is 402 g/mol. The lowest BCUT2D eigenvalue weighted by molar-refractivity contribution is -0.387. The number of methoxy groups -OCH3 is 1. The first-order chi connectivity index (χ1) is 13.4. The molecule has 0 radical (unpaired) electrons. The average Bonchev–Trinajstić information content (AvgIpc) is 3.20. The summed E-state index contributed by atoms with van der Waals surface area (Å²) in [5.74, 6) is 0.204. The fourth-order valence-corrected chi connectivity index (χ4v) is 3.85. The number of benzene rings is 2. The summed E-state index contributed by atoms with van der Waals surface area (Å²) in [7, 11) is -2.76. The van der Waals surface area contributed by atoms with Gasteiger partial charge in [0.05, 0.1) is 24.6 Å². The molecule has 28 heavy (non-hydrogen) atoms. The van der Waals surface area contributed by atoms with Crippen LogP contribution in [0, 0.1) is 10.1 Å². The Morgan fingerprint density at radius 3 is 2.57 bits per heavy atom. The van der Waals surface area contributed by atoms with Crippen LogP contribution in [0.5, 0.6) is 5.75 Å². The maximum atomic E-state index is 12.7. The van der Waals surface area contributed by atoms with Crippen LogP contribution >= 0.6 is 0 Å². The van der Waals surface area contributed by atoms with Crippen LogP contribution in [0.1, 0.15) is 11.1 Å². The molecule has 0 unspecified atom stereocenters. The molecule has 146 valence electrons. The van der Waals surface area contributed by atoms with E-state index < -0.39 is 25.5 Å². The molecule has 2 aromatic carbocycles. The topological polar surface area (TPSA) is 116 Å². The van der Waals surface area contributed by atoms with Crippen LogP contribution in [0.3, 0.4) is 0 Å². The van der Waals surface area contributed by atoms with Gasteiger partial charge >= 0.3 is 0 Å². The summed E-state index contributed by atoms with van der Waals surface area (Å²) in [6, 6.07) is 12.7. The predicted molar refractivity (Wildman–Crippen MR) is 101 cm³/mol. The van der Waals surface area contributed by atoms with Crippen molar-refractivity contribution in [1.29, 1.82) is 0 Å². The van der Waals surface area contributed by atoms with Crippen LogP contribution in [0.15, 0.2) is 65.8 Å². The second-order valence-corrected chi connectivity index (χ2v) is 7.62. The van der Waals surface area contributed by atoms with Gasteiger partial charge in [0, 0.05) is 18.9 Å². The van der Waals surface area contributed by atoms with Crippen LogP contribution in [-0.2, 0) is 23.1 Å². The number of hydrogen-bond donors (Lipinski definition) is 1. The van der Waals surface area contributed by atoms with Gasteiger partial charge in [0.2, 0.25) is 10.0 Å². The molecule has 0 atom stereocenters. The molecule has 0 aliphatic carbocycles. The first-order valence-corrected chi connectivity index (χ1v) is 9.75. The van der Waals surface area contributed by atoms with E-state index in [2.05, 4.69) is 9.82 Å². The Bertz CT molecular complexity index is 1080. The fourth-order valence-electron chi connectivity index (χ4n) is 2.70. The number of ether oxygens (including phenoxy) is 1. The Morgan fingerprint density at radius 1 is 1.18 bits per heavy atom. The van der Waals surface area contributed by atoms with Crippen molar-refractivity contribution in [2.75, 3.05) is 7.11 Å². The molecule has 10 heteroatoms. The molecule has 1 N–H and O–H groups in total. The molecular weight excluding hydrogens is 384 g/mol. The second-order valence-electron chi connectivity index (χ2n) is 5.89. The molecule has 1 heterocycles. The summed E-state index contributed by atoms with van der Waals surface area (Å²) in [6.45, 7) is 0.469. The van der Waals surface area contributed by atoms with Crippen molar-refractivity contribution in [3.63, 3.8) is 0 Å². The van der Waals surface area contributed by atoms with Gasteiger partial charge in [-0.1, -0.05) is 24.3 Å². The molecule has 3 aromatic rings. The van der Waals surface area contributed by atoms with Gasteiger partial charge in [-0.15, -0.1) is 0 Å². The third-order valence-electron chi connectivity index (χ3n) is 4.11. The summed E-state index contributed by atoms with van der Waals surface area (Å²) in [4.78, 5) is 10.1. The minimum atomic E-state index is -4.11. The van der Waals surface area contributed by atoms with Gasteiger partial charge in [-0.2, -0.15) is 5.10 Å². The number of nitro groups is 1. The van der Waals surface area contributed by atoms with Crippen molar-refractivity contribution in [3.05, 3.63) is 82.2 Å². The molecule has 0 spiro atoms. The van der Waals surface area contributed by atoms with Crippen LogP contribution < -0.4 is 9.46 Å². The Labute approximate surface area is 161 Å². The quantitative estimate of drug-likeness (QED) is 0.457. The number of hydrogen-bond acceptors (Lipinski definition) is 6. The van der Waals surface area contributed by atoms with Crippen LogP contribution in [-0.4, -0.2) is 30.2 Å². The molecule has 0 aliphatic heterocycles. The lowest BCUT2D eigenvalue weighted by Gasteiger charge is -2.12. The second kappa shape index (κ2) is 8.19. The van der Waals surface area contributed by atoms with E-state index in [4.69, 9.17) is 4.74 Å². The van der Waals surface area contributed by atoms with Crippen molar-refractivity contribution in [2.45, 2.75) is 18.0 Å². The molecule has 3 rings (SSSR count). The highest BCUT2D eigenvalue weighted by Gasteiger charge is 2.26.